The second kappa shape index (κ2) is 2.64. The smallest absolute Gasteiger partial charge is 0.244 e. The van der Waals surface area contributed by atoms with Crippen LogP contribution in [0.4, 0.5) is 0 Å². The van der Waals surface area contributed by atoms with Crippen LogP contribution in [0.15, 0.2) is 23.4 Å². The van der Waals surface area contributed by atoms with Crippen LogP contribution in [0.1, 0.15) is 6.42 Å². The molecule has 0 aromatic carbocycles. The Morgan fingerprint density at radius 3 is 3.17 bits per heavy atom. The van der Waals surface area contributed by atoms with Gasteiger partial charge in [-0.1, -0.05) is 6.08 Å². The van der Waals surface area contributed by atoms with Crippen LogP contribution >= 0.6 is 0 Å². The summed E-state index contributed by atoms with van der Waals surface area (Å²) in [5, 5.41) is 6.39. The van der Waals surface area contributed by atoms with Gasteiger partial charge < -0.3 is 11.1 Å². The molecule has 1 fully saturated rings. The first-order valence-electron chi connectivity index (χ1n) is 3.95. The van der Waals surface area contributed by atoms with Crippen LogP contribution in [0, 0.1) is 0 Å². The van der Waals surface area contributed by atoms with E-state index in [1.165, 1.54) is 0 Å². The first-order valence-corrected chi connectivity index (χ1v) is 3.95. The van der Waals surface area contributed by atoms with E-state index in [1.807, 2.05) is 6.08 Å². The van der Waals surface area contributed by atoms with Crippen LogP contribution in [-0.2, 0) is 4.79 Å². The summed E-state index contributed by atoms with van der Waals surface area (Å²) in [6.07, 6.45) is 4.40. The quantitative estimate of drug-likeness (QED) is 0.476. The maximum Gasteiger partial charge on any atom is 0.244 e. The molecule has 1 unspecified atom stereocenters. The van der Waals surface area contributed by atoms with Crippen LogP contribution in [0.25, 0.3) is 0 Å². The number of allylic oxidation sites excluding steroid dienone is 2. The van der Waals surface area contributed by atoms with Crippen molar-refractivity contribution in [1.29, 1.82) is 0 Å². The molecule has 64 valence electrons. The fourth-order valence-electron chi connectivity index (χ4n) is 1.53. The summed E-state index contributed by atoms with van der Waals surface area (Å²) in [7, 11) is 0. The molecular formula is C8H11N3O. The summed E-state index contributed by atoms with van der Waals surface area (Å²) in [6, 6.07) is 0.262. The predicted molar refractivity (Wildman–Crippen MR) is 44.9 cm³/mol. The zero-order chi connectivity index (χ0) is 8.55. The Balaban J connectivity index is 2.20. The molecule has 2 rings (SSSR count). The molecule has 12 heavy (non-hydrogen) atoms. The van der Waals surface area contributed by atoms with E-state index in [0.717, 1.165) is 12.4 Å². The molecule has 0 bridgehead atoms. The van der Waals surface area contributed by atoms with Gasteiger partial charge >= 0.3 is 0 Å². The van der Waals surface area contributed by atoms with Crippen molar-refractivity contribution in [3.63, 3.8) is 0 Å². The van der Waals surface area contributed by atoms with Crippen molar-refractivity contribution >= 4 is 5.91 Å². The molecule has 1 amide bonds. The Kier molecular flexibility index (Phi) is 1.62. The molecule has 2 aliphatic rings. The van der Waals surface area contributed by atoms with Crippen LogP contribution in [0.2, 0.25) is 0 Å². The Morgan fingerprint density at radius 2 is 2.42 bits per heavy atom. The summed E-state index contributed by atoms with van der Waals surface area (Å²) in [6.45, 7) is 0.774. The van der Waals surface area contributed by atoms with Gasteiger partial charge in [-0.15, -0.1) is 0 Å². The first kappa shape index (κ1) is 7.36. The summed E-state index contributed by atoms with van der Waals surface area (Å²) in [4.78, 5) is 10.8. The van der Waals surface area contributed by atoms with Gasteiger partial charge in [-0.2, -0.15) is 0 Å². The second-order valence-electron chi connectivity index (χ2n) is 2.99. The van der Waals surface area contributed by atoms with Crippen molar-refractivity contribution in [2.24, 2.45) is 5.73 Å². The lowest BCUT2D eigenvalue weighted by Crippen LogP contribution is -2.28. The van der Waals surface area contributed by atoms with Gasteiger partial charge in [0.2, 0.25) is 5.91 Å². The molecule has 4 N–H and O–H groups in total. The van der Waals surface area contributed by atoms with E-state index in [-0.39, 0.29) is 11.9 Å². The summed E-state index contributed by atoms with van der Waals surface area (Å²) in [5.41, 5.74) is 7.01. The molecular weight excluding hydrogens is 154 g/mol. The highest BCUT2D eigenvalue weighted by Gasteiger charge is 2.24. The van der Waals surface area contributed by atoms with E-state index in [9.17, 15) is 4.79 Å². The van der Waals surface area contributed by atoms with Gasteiger partial charge in [-0.25, -0.2) is 0 Å². The fraction of sp³-hybridized carbons (Fsp3) is 0.375. The van der Waals surface area contributed by atoms with E-state index in [2.05, 4.69) is 10.6 Å². The SMILES string of the molecule is NC(=O)C1=CC=C2NCNC2C1. The molecule has 0 saturated carbocycles. The third-order valence-corrected chi connectivity index (χ3v) is 2.22. The van der Waals surface area contributed by atoms with E-state index in [1.54, 1.807) is 6.08 Å². The molecule has 4 nitrogen and oxygen atoms in total. The predicted octanol–water partition coefficient (Wildman–Crippen LogP) is -0.795. The van der Waals surface area contributed by atoms with Crippen molar-refractivity contribution < 1.29 is 4.79 Å². The topological polar surface area (TPSA) is 67.2 Å². The van der Waals surface area contributed by atoms with Crippen molar-refractivity contribution in [2.75, 3.05) is 6.67 Å². The summed E-state index contributed by atoms with van der Waals surface area (Å²) >= 11 is 0. The maximum atomic E-state index is 10.8. The summed E-state index contributed by atoms with van der Waals surface area (Å²) in [5.74, 6) is -0.320. The molecule has 1 atom stereocenters. The largest absolute Gasteiger partial charge is 0.374 e. The lowest BCUT2D eigenvalue weighted by atomic mass is 9.98. The second-order valence-corrected chi connectivity index (χ2v) is 2.99. The fourth-order valence-corrected chi connectivity index (χ4v) is 1.53. The molecule has 0 aromatic rings. The van der Waals surface area contributed by atoms with Crippen LogP contribution < -0.4 is 16.4 Å². The molecule has 1 heterocycles. The number of hydrogen-bond donors (Lipinski definition) is 3. The van der Waals surface area contributed by atoms with Gasteiger partial charge in [0, 0.05) is 11.3 Å². The summed E-state index contributed by atoms with van der Waals surface area (Å²) < 4.78 is 0. The van der Waals surface area contributed by atoms with Gasteiger partial charge in [0.15, 0.2) is 0 Å². The minimum atomic E-state index is -0.320. The number of amides is 1. The minimum Gasteiger partial charge on any atom is -0.374 e. The highest BCUT2D eigenvalue weighted by Crippen LogP contribution is 2.19. The minimum absolute atomic E-state index is 0.262. The number of carbonyl (C=O) groups is 1. The Morgan fingerprint density at radius 1 is 1.58 bits per heavy atom. The van der Waals surface area contributed by atoms with Gasteiger partial charge in [0.25, 0.3) is 0 Å². The number of primary amides is 1. The van der Waals surface area contributed by atoms with Gasteiger partial charge in [-0.3, -0.25) is 10.1 Å². The molecule has 0 aromatic heterocycles. The van der Waals surface area contributed by atoms with E-state index in [4.69, 9.17) is 5.73 Å². The highest BCUT2D eigenvalue weighted by atomic mass is 16.1. The van der Waals surface area contributed by atoms with Crippen molar-refractivity contribution in [3.05, 3.63) is 23.4 Å². The van der Waals surface area contributed by atoms with Crippen molar-refractivity contribution in [3.8, 4) is 0 Å². The van der Waals surface area contributed by atoms with Crippen LogP contribution in [0.5, 0.6) is 0 Å². The number of hydrogen-bond acceptors (Lipinski definition) is 3. The number of nitrogens with two attached hydrogens (primary N) is 1. The van der Waals surface area contributed by atoms with Gasteiger partial charge in [-0.05, 0) is 12.5 Å². The molecule has 1 aliphatic heterocycles. The van der Waals surface area contributed by atoms with Crippen molar-refractivity contribution in [2.45, 2.75) is 12.5 Å². The average molecular weight is 165 g/mol. The zero-order valence-corrected chi connectivity index (χ0v) is 6.63. The standard InChI is InChI=1S/C8H11N3O/c9-8(12)5-1-2-6-7(3-5)11-4-10-6/h1-2,7,10-11H,3-4H2,(H2,9,12). The first-order chi connectivity index (χ1) is 5.77. The molecule has 0 spiro atoms. The third-order valence-electron chi connectivity index (χ3n) is 2.22. The van der Waals surface area contributed by atoms with E-state index in [0.29, 0.717) is 12.0 Å². The zero-order valence-electron chi connectivity index (χ0n) is 6.63. The van der Waals surface area contributed by atoms with E-state index >= 15 is 0 Å². The highest BCUT2D eigenvalue weighted by molar-refractivity contribution is 5.92. The Bertz CT molecular complexity index is 280. The lowest BCUT2D eigenvalue weighted by Gasteiger charge is -2.15. The molecule has 4 heteroatoms. The average Bonchev–Trinajstić information content (AvgIpc) is 2.49. The molecule has 1 saturated heterocycles. The van der Waals surface area contributed by atoms with E-state index < -0.39 is 0 Å². The van der Waals surface area contributed by atoms with Crippen molar-refractivity contribution in [1.82, 2.24) is 10.6 Å². The normalized spacial score (nSPS) is 26.8. The lowest BCUT2D eigenvalue weighted by molar-refractivity contribution is -0.114. The Hall–Kier alpha value is -1.29. The van der Waals surface area contributed by atoms with Crippen LogP contribution in [0.3, 0.4) is 0 Å². The Labute approximate surface area is 70.5 Å². The monoisotopic (exact) mass is 165 g/mol. The van der Waals surface area contributed by atoms with Crippen LogP contribution in [-0.4, -0.2) is 18.6 Å². The molecule has 1 aliphatic carbocycles. The molecule has 0 radical (unpaired) electrons. The number of fused-ring (bicyclic) bond motifs is 1. The third kappa shape index (κ3) is 1.10. The number of carbonyl (C=O) groups excluding carboxylic acids is 1. The number of rotatable bonds is 1. The maximum absolute atomic E-state index is 10.8. The van der Waals surface area contributed by atoms with Gasteiger partial charge in [0.05, 0.1) is 12.7 Å². The van der Waals surface area contributed by atoms with Gasteiger partial charge in [0.1, 0.15) is 0 Å². The number of nitrogens with one attached hydrogen (secondary N) is 2.